The molecule has 4 nitrogen and oxygen atoms in total. The minimum Gasteiger partial charge on any atom is -0.508 e. The zero-order valence-electron chi connectivity index (χ0n) is 11.7. The summed E-state index contributed by atoms with van der Waals surface area (Å²) >= 11 is 0. The molecule has 1 heterocycles. The maximum absolute atomic E-state index is 12.3. The van der Waals surface area contributed by atoms with Crippen molar-refractivity contribution in [2.75, 3.05) is 13.6 Å². The monoisotopic (exact) mass is 270 g/mol. The van der Waals surface area contributed by atoms with Crippen LogP contribution in [0.3, 0.4) is 0 Å². The van der Waals surface area contributed by atoms with Crippen LogP contribution in [-0.2, 0) is 6.42 Å². The first kappa shape index (κ1) is 14.1. The van der Waals surface area contributed by atoms with E-state index in [1.807, 2.05) is 19.1 Å². The number of carbonyl (C=O) groups excluding carboxylic acids is 1. The Morgan fingerprint density at radius 3 is 2.60 bits per heavy atom. The predicted molar refractivity (Wildman–Crippen MR) is 77.7 cm³/mol. The number of pyridine rings is 1. The minimum absolute atomic E-state index is 0.0310. The number of hydrogen-bond donors (Lipinski definition) is 1. The number of amides is 1. The summed E-state index contributed by atoms with van der Waals surface area (Å²) in [6.45, 7) is 2.47. The molecule has 0 radical (unpaired) electrons. The summed E-state index contributed by atoms with van der Waals surface area (Å²) in [6.07, 6.45) is 4.30. The quantitative estimate of drug-likeness (QED) is 0.928. The van der Waals surface area contributed by atoms with Crippen LogP contribution in [0.2, 0.25) is 0 Å². The number of nitrogens with zero attached hydrogens (tertiary/aromatic N) is 2. The van der Waals surface area contributed by atoms with E-state index in [2.05, 4.69) is 4.98 Å². The van der Waals surface area contributed by atoms with E-state index in [4.69, 9.17) is 0 Å². The molecule has 0 unspecified atom stereocenters. The summed E-state index contributed by atoms with van der Waals surface area (Å²) < 4.78 is 0. The smallest absolute Gasteiger partial charge is 0.253 e. The van der Waals surface area contributed by atoms with E-state index in [0.29, 0.717) is 12.1 Å². The Bertz CT molecular complexity index is 597. The molecule has 0 aliphatic rings. The van der Waals surface area contributed by atoms with Crippen LogP contribution in [0.25, 0.3) is 0 Å². The van der Waals surface area contributed by atoms with E-state index in [1.54, 1.807) is 36.5 Å². The molecule has 0 bridgehead atoms. The van der Waals surface area contributed by atoms with E-state index >= 15 is 0 Å². The van der Waals surface area contributed by atoms with Crippen LogP contribution in [0.5, 0.6) is 5.75 Å². The van der Waals surface area contributed by atoms with Gasteiger partial charge in [-0.15, -0.1) is 0 Å². The molecule has 4 heteroatoms. The van der Waals surface area contributed by atoms with Gasteiger partial charge in [-0.3, -0.25) is 9.78 Å². The number of hydrogen-bond acceptors (Lipinski definition) is 3. The molecule has 1 aromatic heterocycles. The number of aromatic hydroxyl groups is 1. The largest absolute Gasteiger partial charge is 0.508 e. The van der Waals surface area contributed by atoms with Crippen molar-refractivity contribution < 1.29 is 9.90 Å². The van der Waals surface area contributed by atoms with Crippen LogP contribution in [0.1, 0.15) is 21.5 Å². The van der Waals surface area contributed by atoms with Gasteiger partial charge >= 0.3 is 0 Å². The average Bonchev–Trinajstić information content (AvgIpc) is 2.45. The zero-order chi connectivity index (χ0) is 14.5. The lowest BCUT2D eigenvalue weighted by Crippen LogP contribution is -2.29. The Kier molecular flexibility index (Phi) is 4.35. The molecular formula is C16H18N2O2. The van der Waals surface area contributed by atoms with E-state index in [9.17, 15) is 9.90 Å². The normalized spacial score (nSPS) is 10.3. The number of rotatable bonds is 4. The number of carbonyl (C=O) groups is 1. The van der Waals surface area contributed by atoms with Gasteiger partial charge in [0, 0.05) is 31.5 Å². The average molecular weight is 270 g/mol. The van der Waals surface area contributed by atoms with E-state index < -0.39 is 0 Å². The van der Waals surface area contributed by atoms with Crippen molar-refractivity contribution in [1.29, 1.82) is 0 Å². The van der Waals surface area contributed by atoms with Crippen LogP contribution >= 0.6 is 0 Å². The fourth-order valence-corrected chi connectivity index (χ4v) is 2.04. The zero-order valence-corrected chi connectivity index (χ0v) is 11.7. The molecule has 0 aliphatic heterocycles. The van der Waals surface area contributed by atoms with E-state index in [0.717, 1.165) is 17.5 Å². The Balaban J connectivity index is 2.01. The second-order valence-corrected chi connectivity index (χ2v) is 4.83. The van der Waals surface area contributed by atoms with Crippen LogP contribution in [-0.4, -0.2) is 34.5 Å². The fraction of sp³-hybridized carbons (Fsp3) is 0.250. The van der Waals surface area contributed by atoms with E-state index in [1.165, 1.54) is 6.07 Å². The molecule has 0 saturated heterocycles. The molecule has 1 amide bonds. The van der Waals surface area contributed by atoms with Crippen LogP contribution < -0.4 is 0 Å². The van der Waals surface area contributed by atoms with Gasteiger partial charge in [0.05, 0.1) is 0 Å². The molecule has 0 atom stereocenters. The van der Waals surface area contributed by atoms with Gasteiger partial charge in [0.25, 0.3) is 5.91 Å². The second-order valence-electron chi connectivity index (χ2n) is 4.83. The molecule has 0 aliphatic carbocycles. The van der Waals surface area contributed by atoms with Gasteiger partial charge < -0.3 is 10.0 Å². The topological polar surface area (TPSA) is 53.4 Å². The molecule has 20 heavy (non-hydrogen) atoms. The van der Waals surface area contributed by atoms with Gasteiger partial charge in [-0.2, -0.15) is 0 Å². The third-order valence-corrected chi connectivity index (χ3v) is 3.27. The third-order valence-electron chi connectivity index (χ3n) is 3.27. The van der Waals surface area contributed by atoms with Crippen LogP contribution in [0.15, 0.2) is 42.7 Å². The standard InChI is InChI=1S/C16H18N2O2/c1-12-11-14(19)3-4-15(12)16(20)18(2)10-7-13-5-8-17-9-6-13/h3-6,8-9,11,19H,7,10H2,1-2H3. The number of benzene rings is 1. The van der Waals surface area contributed by atoms with Crippen molar-refractivity contribution in [3.05, 3.63) is 59.4 Å². The van der Waals surface area contributed by atoms with Crippen molar-refractivity contribution in [2.45, 2.75) is 13.3 Å². The lowest BCUT2D eigenvalue weighted by atomic mass is 10.1. The Morgan fingerprint density at radius 1 is 1.25 bits per heavy atom. The molecule has 1 N–H and O–H groups in total. The van der Waals surface area contributed by atoms with Crippen LogP contribution in [0, 0.1) is 6.92 Å². The SMILES string of the molecule is Cc1cc(O)ccc1C(=O)N(C)CCc1ccncc1. The number of aryl methyl sites for hydroxylation is 1. The number of likely N-dealkylation sites (N-methyl/N-ethyl adjacent to an activating group) is 1. The predicted octanol–water partition coefficient (Wildman–Crippen LogP) is 2.41. The summed E-state index contributed by atoms with van der Waals surface area (Å²) in [4.78, 5) is 18.0. The summed E-state index contributed by atoms with van der Waals surface area (Å²) in [5.41, 5.74) is 2.56. The molecule has 0 saturated carbocycles. The lowest BCUT2D eigenvalue weighted by molar-refractivity contribution is 0.0796. The maximum Gasteiger partial charge on any atom is 0.253 e. The molecular weight excluding hydrogens is 252 g/mol. The summed E-state index contributed by atoms with van der Waals surface area (Å²) in [5.74, 6) is 0.148. The van der Waals surface area contributed by atoms with Crippen molar-refractivity contribution >= 4 is 5.91 Å². The van der Waals surface area contributed by atoms with Crippen LogP contribution in [0.4, 0.5) is 0 Å². The summed E-state index contributed by atoms with van der Waals surface area (Å²) in [7, 11) is 1.79. The minimum atomic E-state index is -0.0310. The molecule has 0 spiro atoms. The Morgan fingerprint density at radius 2 is 1.95 bits per heavy atom. The van der Waals surface area contributed by atoms with Crippen molar-refractivity contribution in [1.82, 2.24) is 9.88 Å². The first-order valence-corrected chi connectivity index (χ1v) is 6.52. The first-order chi connectivity index (χ1) is 9.58. The first-order valence-electron chi connectivity index (χ1n) is 6.52. The van der Waals surface area contributed by atoms with E-state index in [-0.39, 0.29) is 11.7 Å². The summed E-state index contributed by atoms with van der Waals surface area (Å²) in [5, 5.41) is 9.38. The fourth-order valence-electron chi connectivity index (χ4n) is 2.04. The maximum atomic E-state index is 12.3. The second kappa shape index (κ2) is 6.19. The lowest BCUT2D eigenvalue weighted by Gasteiger charge is -2.18. The van der Waals surface area contributed by atoms with Crippen molar-refractivity contribution in [2.24, 2.45) is 0 Å². The van der Waals surface area contributed by atoms with Gasteiger partial charge in [0.2, 0.25) is 0 Å². The van der Waals surface area contributed by atoms with Gasteiger partial charge in [0.15, 0.2) is 0 Å². The van der Waals surface area contributed by atoms with Crippen molar-refractivity contribution in [3.63, 3.8) is 0 Å². The molecule has 2 aromatic rings. The van der Waals surface area contributed by atoms with Crippen molar-refractivity contribution in [3.8, 4) is 5.75 Å². The highest BCUT2D eigenvalue weighted by atomic mass is 16.3. The molecule has 2 rings (SSSR count). The molecule has 104 valence electrons. The number of aromatic nitrogens is 1. The highest BCUT2D eigenvalue weighted by Gasteiger charge is 2.14. The Hall–Kier alpha value is -2.36. The van der Waals surface area contributed by atoms with Gasteiger partial charge in [-0.1, -0.05) is 0 Å². The summed E-state index contributed by atoms with van der Waals surface area (Å²) in [6, 6.07) is 8.70. The highest BCUT2D eigenvalue weighted by Crippen LogP contribution is 2.17. The molecule has 1 aromatic carbocycles. The number of phenolic OH excluding ortho intramolecular Hbond substituents is 1. The third kappa shape index (κ3) is 3.35. The molecule has 0 fully saturated rings. The van der Waals surface area contributed by atoms with Gasteiger partial charge in [-0.05, 0) is 54.8 Å². The highest BCUT2D eigenvalue weighted by molar-refractivity contribution is 5.95. The Labute approximate surface area is 118 Å². The van der Waals surface area contributed by atoms with Gasteiger partial charge in [-0.25, -0.2) is 0 Å². The van der Waals surface area contributed by atoms with Gasteiger partial charge in [0.1, 0.15) is 5.75 Å². The number of phenols is 1.